The van der Waals surface area contributed by atoms with Crippen molar-refractivity contribution in [2.24, 2.45) is 0 Å². The van der Waals surface area contributed by atoms with E-state index in [-0.39, 0.29) is 17.0 Å². The molecule has 0 aliphatic rings. The Hall–Kier alpha value is -4.30. The number of ether oxygens (including phenoxy) is 1. The van der Waals surface area contributed by atoms with E-state index in [1.807, 2.05) is 37.3 Å². The Bertz CT molecular complexity index is 1480. The molecule has 0 aromatic heterocycles. The van der Waals surface area contributed by atoms with E-state index in [9.17, 15) is 19.5 Å². The number of fused-ring (bicyclic) bond motifs is 1. The van der Waals surface area contributed by atoms with Crippen molar-refractivity contribution >= 4 is 51.7 Å². The Balaban J connectivity index is 1.40. The molecule has 39 heavy (non-hydrogen) atoms. The van der Waals surface area contributed by atoms with E-state index in [1.165, 1.54) is 17.8 Å². The zero-order chi connectivity index (χ0) is 27.8. The molecule has 4 rings (SSSR count). The van der Waals surface area contributed by atoms with Crippen molar-refractivity contribution in [1.82, 2.24) is 0 Å². The van der Waals surface area contributed by atoms with E-state index in [1.54, 1.807) is 48.5 Å². The molecule has 0 aliphatic carbocycles. The first-order valence-corrected chi connectivity index (χ1v) is 13.6. The molecule has 0 bridgehead atoms. The fourth-order valence-electron chi connectivity index (χ4n) is 4.02. The number of thioether (sulfide) groups is 1. The van der Waals surface area contributed by atoms with Crippen molar-refractivity contribution in [3.8, 4) is 5.75 Å². The van der Waals surface area contributed by atoms with E-state index < -0.39 is 17.1 Å². The molecule has 2 amide bonds. The summed E-state index contributed by atoms with van der Waals surface area (Å²) < 4.78 is 5.66. The lowest BCUT2D eigenvalue weighted by Gasteiger charge is -2.14. The van der Waals surface area contributed by atoms with E-state index in [4.69, 9.17) is 4.74 Å². The van der Waals surface area contributed by atoms with Gasteiger partial charge < -0.3 is 20.5 Å². The van der Waals surface area contributed by atoms with Crippen LogP contribution in [0, 0.1) is 0 Å². The number of anilines is 2. The van der Waals surface area contributed by atoms with Crippen molar-refractivity contribution in [2.45, 2.75) is 36.8 Å². The summed E-state index contributed by atoms with van der Waals surface area (Å²) in [6.07, 6.45) is 2.06. The van der Waals surface area contributed by atoms with E-state index in [0.717, 1.165) is 23.5 Å². The van der Waals surface area contributed by atoms with Crippen LogP contribution in [-0.2, 0) is 4.79 Å². The molecule has 4 aromatic carbocycles. The molecule has 8 heteroatoms. The minimum atomic E-state index is -1.09. The van der Waals surface area contributed by atoms with Crippen LogP contribution in [0.3, 0.4) is 0 Å². The number of carbonyl (C=O) groups is 3. The van der Waals surface area contributed by atoms with Gasteiger partial charge >= 0.3 is 5.97 Å². The molecule has 200 valence electrons. The molecule has 0 radical (unpaired) electrons. The Kier molecular flexibility index (Phi) is 9.22. The largest absolute Gasteiger partial charge is 0.494 e. The van der Waals surface area contributed by atoms with E-state index in [0.29, 0.717) is 28.8 Å². The molecule has 1 unspecified atom stereocenters. The normalized spacial score (nSPS) is 11.5. The van der Waals surface area contributed by atoms with Crippen molar-refractivity contribution in [3.63, 3.8) is 0 Å². The zero-order valence-electron chi connectivity index (χ0n) is 21.8. The quantitative estimate of drug-likeness (QED) is 0.138. The maximum absolute atomic E-state index is 13.2. The topological polar surface area (TPSA) is 105 Å². The van der Waals surface area contributed by atoms with Gasteiger partial charge in [0.05, 0.1) is 17.4 Å². The average Bonchev–Trinajstić information content (AvgIpc) is 2.93. The highest BCUT2D eigenvalue weighted by Gasteiger charge is 2.18. The summed E-state index contributed by atoms with van der Waals surface area (Å²) in [4.78, 5) is 38.5. The number of aromatic carboxylic acids is 1. The molecular formula is C31H30N2O5S. The lowest BCUT2D eigenvalue weighted by molar-refractivity contribution is -0.115. The van der Waals surface area contributed by atoms with Gasteiger partial charge in [0.1, 0.15) is 5.75 Å². The van der Waals surface area contributed by atoms with Crippen LogP contribution < -0.4 is 15.4 Å². The number of amides is 2. The van der Waals surface area contributed by atoms with Gasteiger partial charge in [-0.3, -0.25) is 9.59 Å². The van der Waals surface area contributed by atoms with Gasteiger partial charge in [-0.2, -0.15) is 0 Å². The van der Waals surface area contributed by atoms with Crippen LogP contribution in [0.1, 0.15) is 47.4 Å². The Labute approximate surface area is 231 Å². The number of unbranched alkanes of at least 4 members (excludes halogenated alkanes) is 1. The molecular weight excluding hydrogens is 512 g/mol. The molecule has 4 aromatic rings. The number of rotatable bonds is 11. The monoisotopic (exact) mass is 542 g/mol. The Morgan fingerprint density at radius 3 is 2.26 bits per heavy atom. The van der Waals surface area contributed by atoms with Gasteiger partial charge in [0.2, 0.25) is 5.91 Å². The fourth-order valence-corrected chi connectivity index (χ4v) is 4.95. The summed E-state index contributed by atoms with van der Waals surface area (Å²) in [5, 5.41) is 16.1. The number of carboxylic acid groups (broad SMARTS) is 1. The predicted molar refractivity (Wildman–Crippen MR) is 156 cm³/mol. The molecule has 7 nitrogen and oxygen atoms in total. The smallest absolute Gasteiger partial charge is 0.336 e. The molecule has 0 aliphatic heterocycles. The Morgan fingerprint density at radius 2 is 1.56 bits per heavy atom. The Morgan fingerprint density at radius 1 is 0.872 bits per heavy atom. The second kappa shape index (κ2) is 13.0. The number of carbonyl (C=O) groups excluding carboxylic acids is 2. The third-order valence-corrected chi connectivity index (χ3v) is 7.14. The molecule has 0 saturated carbocycles. The van der Waals surface area contributed by atoms with Crippen LogP contribution in [0.4, 0.5) is 11.4 Å². The SMILES string of the molecule is CCCCOc1ccc(NC(=O)C(C)Sc2cccc(NC(=O)c3cccc4cccc(C(=O)O)c34)c2)cc1. The van der Waals surface area contributed by atoms with Gasteiger partial charge in [-0.1, -0.05) is 43.7 Å². The van der Waals surface area contributed by atoms with Gasteiger partial charge in [-0.15, -0.1) is 11.8 Å². The molecule has 0 fully saturated rings. The summed E-state index contributed by atoms with van der Waals surface area (Å²) in [6, 6.07) is 24.5. The summed E-state index contributed by atoms with van der Waals surface area (Å²) in [6.45, 7) is 4.59. The highest BCUT2D eigenvalue weighted by Crippen LogP contribution is 2.28. The molecule has 0 spiro atoms. The summed E-state index contributed by atoms with van der Waals surface area (Å²) in [5.74, 6) is -0.886. The number of carboxylic acids is 1. The second-order valence-corrected chi connectivity index (χ2v) is 10.4. The maximum Gasteiger partial charge on any atom is 0.336 e. The van der Waals surface area contributed by atoms with Gasteiger partial charge in [0.15, 0.2) is 0 Å². The first-order valence-electron chi connectivity index (χ1n) is 12.7. The highest BCUT2D eigenvalue weighted by atomic mass is 32.2. The molecule has 3 N–H and O–H groups in total. The van der Waals surface area contributed by atoms with Crippen LogP contribution >= 0.6 is 11.8 Å². The number of hydrogen-bond acceptors (Lipinski definition) is 5. The third-order valence-electron chi connectivity index (χ3n) is 6.04. The van der Waals surface area contributed by atoms with E-state index in [2.05, 4.69) is 17.6 Å². The standard InChI is InChI=1S/C31H30N2O5S/c1-3-4-18-38-24-16-14-22(15-17-24)32-29(34)20(2)39-25-11-7-10-23(19-25)33-30(35)26-12-5-8-21-9-6-13-27(28(21)26)31(36)37/h5-17,19-20H,3-4,18H2,1-2H3,(H,32,34)(H,33,35)(H,36,37). The number of benzene rings is 4. The first kappa shape index (κ1) is 27.7. The molecule has 1 atom stereocenters. The molecule has 0 heterocycles. The minimum Gasteiger partial charge on any atom is -0.494 e. The maximum atomic E-state index is 13.2. The fraction of sp³-hybridized carbons (Fsp3) is 0.194. The summed E-state index contributed by atoms with van der Waals surface area (Å²) >= 11 is 1.37. The number of hydrogen-bond donors (Lipinski definition) is 3. The van der Waals surface area contributed by atoms with Crippen LogP contribution in [0.25, 0.3) is 10.8 Å². The van der Waals surface area contributed by atoms with Crippen molar-refractivity contribution in [3.05, 3.63) is 96.1 Å². The lowest BCUT2D eigenvalue weighted by Crippen LogP contribution is -2.22. The highest BCUT2D eigenvalue weighted by molar-refractivity contribution is 8.00. The number of nitrogens with one attached hydrogen (secondary N) is 2. The van der Waals surface area contributed by atoms with Crippen LogP contribution in [0.2, 0.25) is 0 Å². The van der Waals surface area contributed by atoms with Crippen molar-refractivity contribution in [2.75, 3.05) is 17.2 Å². The zero-order valence-corrected chi connectivity index (χ0v) is 22.6. The summed E-state index contributed by atoms with van der Waals surface area (Å²) in [5.41, 5.74) is 1.58. The summed E-state index contributed by atoms with van der Waals surface area (Å²) in [7, 11) is 0. The van der Waals surface area contributed by atoms with Gasteiger partial charge in [0.25, 0.3) is 5.91 Å². The van der Waals surface area contributed by atoms with Crippen molar-refractivity contribution in [1.29, 1.82) is 0 Å². The van der Waals surface area contributed by atoms with Gasteiger partial charge in [-0.05, 0) is 73.3 Å². The predicted octanol–water partition coefficient (Wildman–Crippen LogP) is 7.09. The van der Waals surface area contributed by atoms with Gasteiger partial charge in [-0.25, -0.2) is 4.79 Å². The third kappa shape index (κ3) is 7.18. The second-order valence-electron chi connectivity index (χ2n) is 8.97. The minimum absolute atomic E-state index is 0.0704. The van der Waals surface area contributed by atoms with Crippen LogP contribution in [0.5, 0.6) is 5.75 Å². The van der Waals surface area contributed by atoms with Crippen molar-refractivity contribution < 1.29 is 24.2 Å². The average molecular weight is 543 g/mol. The molecule has 0 saturated heterocycles. The van der Waals surface area contributed by atoms with Crippen LogP contribution in [-0.4, -0.2) is 34.7 Å². The first-order chi connectivity index (χ1) is 18.9. The lowest BCUT2D eigenvalue weighted by atomic mass is 9.98. The van der Waals surface area contributed by atoms with Crippen LogP contribution in [0.15, 0.2) is 89.8 Å². The van der Waals surface area contributed by atoms with Gasteiger partial charge in [0, 0.05) is 27.2 Å². The van der Waals surface area contributed by atoms with E-state index >= 15 is 0 Å².